The van der Waals surface area contributed by atoms with Gasteiger partial charge in [0.1, 0.15) is 5.75 Å². The van der Waals surface area contributed by atoms with E-state index in [0.29, 0.717) is 30.0 Å². The number of fused-ring (bicyclic) bond motifs is 2. The van der Waals surface area contributed by atoms with E-state index in [1.807, 2.05) is 0 Å². The zero-order valence-corrected chi connectivity index (χ0v) is 18.5. The predicted molar refractivity (Wildman–Crippen MR) is 117 cm³/mol. The molecular weight excluding hydrogens is 360 g/mol. The summed E-state index contributed by atoms with van der Waals surface area (Å²) in [5, 5.41) is 3.40. The number of ether oxygens (including phenoxy) is 1. The smallest absolute Gasteiger partial charge is 0.220 e. The maximum absolute atomic E-state index is 12.6. The summed E-state index contributed by atoms with van der Waals surface area (Å²) in [7, 11) is 1.75. The minimum atomic E-state index is 0.302. The molecule has 1 saturated carbocycles. The highest BCUT2D eigenvalue weighted by Gasteiger charge is 2.41. The molecule has 2 aliphatic heterocycles. The van der Waals surface area contributed by atoms with Crippen molar-refractivity contribution in [1.82, 2.24) is 10.2 Å². The van der Waals surface area contributed by atoms with Crippen LogP contribution in [0.1, 0.15) is 80.9 Å². The van der Waals surface area contributed by atoms with Crippen molar-refractivity contribution in [2.24, 2.45) is 5.92 Å². The molecule has 2 atom stereocenters. The molecule has 0 spiro atoms. The number of amides is 1. The Kier molecular flexibility index (Phi) is 6.48. The summed E-state index contributed by atoms with van der Waals surface area (Å²) in [5.74, 6) is 1.91. The van der Waals surface area contributed by atoms with Gasteiger partial charge in [0.25, 0.3) is 0 Å². The van der Waals surface area contributed by atoms with Crippen molar-refractivity contribution in [3.63, 3.8) is 0 Å². The van der Waals surface area contributed by atoms with Gasteiger partial charge in [-0.1, -0.05) is 25.3 Å². The van der Waals surface area contributed by atoms with Crippen LogP contribution in [0.4, 0.5) is 0 Å². The molecule has 1 aromatic carbocycles. The van der Waals surface area contributed by atoms with Crippen LogP contribution in [0.2, 0.25) is 0 Å². The van der Waals surface area contributed by atoms with Crippen molar-refractivity contribution in [2.75, 3.05) is 7.11 Å². The highest BCUT2D eigenvalue weighted by Crippen LogP contribution is 2.38. The second-order valence-corrected chi connectivity index (χ2v) is 9.68. The summed E-state index contributed by atoms with van der Waals surface area (Å²) >= 11 is 0. The van der Waals surface area contributed by atoms with Gasteiger partial charge in [0.05, 0.1) is 7.11 Å². The average Bonchev–Trinajstić information content (AvgIpc) is 2.94. The van der Waals surface area contributed by atoms with Gasteiger partial charge in [-0.05, 0) is 81.0 Å². The minimum Gasteiger partial charge on any atom is -0.496 e. The van der Waals surface area contributed by atoms with Crippen molar-refractivity contribution in [3.05, 3.63) is 28.8 Å². The summed E-state index contributed by atoms with van der Waals surface area (Å²) in [5.41, 5.74) is 4.02. The predicted octanol–water partition coefficient (Wildman–Crippen LogP) is 4.89. The topological polar surface area (TPSA) is 41.6 Å². The molecule has 29 heavy (non-hydrogen) atoms. The molecule has 0 radical (unpaired) electrons. The fourth-order valence-corrected chi connectivity index (χ4v) is 6.03. The van der Waals surface area contributed by atoms with Crippen molar-refractivity contribution < 1.29 is 9.53 Å². The Labute approximate surface area is 176 Å². The molecule has 1 N–H and O–H groups in total. The first-order valence-corrected chi connectivity index (χ1v) is 11.7. The molecule has 2 unspecified atom stereocenters. The number of hydrogen-bond acceptors (Lipinski definition) is 3. The molecule has 3 fully saturated rings. The number of carbonyl (C=O) groups is 1. The number of nitrogens with zero attached hydrogens (tertiary/aromatic N) is 1. The van der Waals surface area contributed by atoms with E-state index in [1.54, 1.807) is 7.11 Å². The van der Waals surface area contributed by atoms with E-state index in [4.69, 9.17) is 4.74 Å². The van der Waals surface area contributed by atoms with Crippen LogP contribution in [-0.2, 0) is 11.3 Å². The van der Waals surface area contributed by atoms with Crippen LogP contribution in [0.3, 0.4) is 0 Å². The highest BCUT2D eigenvalue weighted by atomic mass is 16.5. The van der Waals surface area contributed by atoms with E-state index in [2.05, 4.69) is 36.2 Å². The molecule has 1 aromatic rings. The van der Waals surface area contributed by atoms with E-state index in [9.17, 15) is 4.79 Å². The van der Waals surface area contributed by atoms with Gasteiger partial charge in [-0.2, -0.15) is 0 Å². The fourth-order valence-electron chi connectivity index (χ4n) is 6.03. The molecule has 1 amide bonds. The van der Waals surface area contributed by atoms with Gasteiger partial charge < -0.3 is 10.1 Å². The van der Waals surface area contributed by atoms with Crippen LogP contribution in [0.15, 0.2) is 12.1 Å². The van der Waals surface area contributed by atoms with Crippen LogP contribution in [0.25, 0.3) is 0 Å². The number of benzene rings is 1. The summed E-state index contributed by atoms with van der Waals surface area (Å²) in [6.07, 6.45) is 12.0. The highest BCUT2D eigenvalue weighted by molar-refractivity contribution is 5.76. The molecule has 160 valence electrons. The molecule has 4 nitrogen and oxygen atoms in total. The average molecular weight is 399 g/mol. The van der Waals surface area contributed by atoms with Crippen LogP contribution in [0, 0.1) is 19.8 Å². The third kappa shape index (κ3) is 4.63. The first-order valence-electron chi connectivity index (χ1n) is 11.7. The lowest BCUT2D eigenvalue weighted by atomic mass is 9.86. The number of hydrogen-bond donors (Lipinski definition) is 1. The second kappa shape index (κ2) is 9.07. The molecule has 2 saturated heterocycles. The van der Waals surface area contributed by atoms with Gasteiger partial charge in [0.15, 0.2) is 0 Å². The number of carbonyl (C=O) groups excluding carboxylic acids is 1. The van der Waals surface area contributed by atoms with E-state index < -0.39 is 0 Å². The summed E-state index contributed by atoms with van der Waals surface area (Å²) in [4.78, 5) is 15.3. The van der Waals surface area contributed by atoms with Crippen molar-refractivity contribution in [1.29, 1.82) is 0 Å². The summed E-state index contributed by atoms with van der Waals surface area (Å²) in [6, 6.07) is 5.93. The summed E-state index contributed by atoms with van der Waals surface area (Å²) < 4.78 is 5.48. The third-order valence-corrected chi connectivity index (χ3v) is 7.87. The normalized spacial score (nSPS) is 27.8. The van der Waals surface area contributed by atoms with Crippen LogP contribution in [-0.4, -0.2) is 36.0 Å². The zero-order chi connectivity index (χ0) is 20.4. The lowest BCUT2D eigenvalue weighted by molar-refractivity contribution is -0.123. The van der Waals surface area contributed by atoms with Gasteiger partial charge in [-0.15, -0.1) is 0 Å². The van der Waals surface area contributed by atoms with Crippen LogP contribution >= 0.6 is 0 Å². The number of methoxy groups -OCH3 is 1. The van der Waals surface area contributed by atoms with Crippen molar-refractivity contribution in [2.45, 2.75) is 103 Å². The standard InChI is InChI=1S/C25H38N2O2/c1-17-18(2)24(29-3)12-9-20(17)16-27-22-10-11-23(27)15-21(14-22)26-25(28)13-19-7-5-4-6-8-19/h9,12,19,21-23H,4-8,10-11,13-16H2,1-3H3,(H,26,28). The van der Waals surface area contributed by atoms with E-state index >= 15 is 0 Å². The van der Waals surface area contributed by atoms with E-state index in [0.717, 1.165) is 31.6 Å². The minimum absolute atomic E-state index is 0.302. The molecule has 0 aromatic heterocycles. The van der Waals surface area contributed by atoms with Crippen LogP contribution < -0.4 is 10.1 Å². The number of nitrogens with one attached hydrogen (secondary N) is 1. The monoisotopic (exact) mass is 398 g/mol. The van der Waals surface area contributed by atoms with Gasteiger partial charge >= 0.3 is 0 Å². The van der Waals surface area contributed by atoms with E-state index in [-0.39, 0.29) is 0 Å². The maximum atomic E-state index is 12.6. The zero-order valence-electron chi connectivity index (χ0n) is 18.5. The molecule has 2 bridgehead atoms. The Hall–Kier alpha value is -1.55. The molecular formula is C25H38N2O2. The Balaban J connectivity index is 1.33. The maximum Gasteiger partial charge on any atom is 0.220 e. The Bertz CT molecular complexity index is 712. The van der Waals surface area contributed by atoms with E-state index in [1.165, 1.54) is 61.6 Å². The molecule has 3 aliphatic rings. The summed E-state index contributed by atoms with van der Waals surface area (Å²) in [6.45, 7) is 5.39. The molecule has 1 aliphatic carbocycles. The number of piperidine rings is 1. The quantitative estimate of drug-likeness (QED) is 0.741. The fraction of sp³-hybridized carbons (Fsp3) is 0.720. The van der Waals surface area contributed by atoms with Crippen molar-refractivity contribution in [3.8, 4) is 5.75 Å². The van der Waals surface area contributed by atoms with Gasteiger partial charge in [0, 0.05) is 31.1 Å². The van der Waals surface area contributed by atoms with Crippen molar-refractivity contribution >= 4 is 5.91 Å². The lowest BCUT2D eigenvalue weighted by Gasteiger charge is -2.39. The Morgan fingerprint density at radius 2 is 1.72 bits per heavy atom. The third-order valence-electron chi connectivity index (χ3n) is 7.87. The molecule has 4 heteroatoms. The molecule has 2 heterocycles. The molecule has 4 rings (SSSR count). The lowest BCUT2D eigenvalue weighted by Crippen LogP contribution is -2.50. The van der Waals surface area contributed by atoms with Crippen LogP contribution in [0.5, 0.6) is 5.75 Å². The Morgan fingerprint density at radius 3 is 2.38 bits per heavy atom. The SMILES string of the molecule is COc1ccc(CN2C3CCC2CC(NC(=O)CC2CCCCC2)C3)c(C)c1C. The largest absolute Gasteiger partial charge is 0.496 e. The first kappa shape index (κ1) is 20.7. The van der Waals surface area contributed by atoms with Gasteiger partial charge in [-0.25, -0.2) is 0 Å². The second-order valence-electron chi connectivity index (χ2n) is 9.68. The van der Waals surface area contributed by atoms with Gasteiger partial charge in [-0.3, -0.25) is 9.69 Å². The Morgan fingerprint density at radius 1 is 1.03 bits per heavy atom. The first-order chi connectivity index (χ1) is 14.0. The van der Waals surface area contributed by atoms with Gasteiger partial charge in [0.2, 0.25) is 5.91 Å². The number of rotatable bonds is 6.